The number of allylic oxidation sites excluding steroid dienone is 3. The summed E-state index contributed by atoms with van der Waals surface area (Å²) in [6.07, 6.45) is 10.8. The average Bonchev–Trinajstić information content (AvgIpc) is 2.89. The van der Waals surface area contributed by atoms with Gasteiger partial charge in [-0.1, -0.05) is 26.0 Å². The molecule has 4 aliphatic rings. The van der Waals surface area contributed by atoms with Gasteiger partial charge in [-0.2, -0.15) is 0 Å². The fraction of sp³-hybridized carbons (Fsp3) is 0.762. The minimum absolute atomic E-state index is 0.0501. The van der Waals surface area contributed by atoms with E-state index in [-0.39, 0.29) is 22.9 Å². The lowest BCUT2D eigenvalue weighted by molar-refractivity contribution is -0.189. The molecule has 25 heavy (non-hydrogen) atoms. The van der Waals surface area contributed by atoms with E-state index in [1.54, 1.807) is 14.2 Å². The number of rotatable bonds is 2. The van der Waals surface area contributed by atoms with Crippen LogP contribution in [0.4, 0.5) is 0 Å². The molecule has 0 heterocycles. The highest BCUT2D eigenvalue weighted by Gasteiger charge is 2.60. The zero-order valence-electron chi connectivity index (χ0n) is 15.8. The quantitative estimate of drug-likeness (QED) is 0.750. The number of ether oxygens (including phenoxy) is 2. The topological polar surface area (TPSA) is 62.5 Å². The van der Waals surface area contributed by atoms with Gasteiger partial charge in [0.25, 0.3) is 0 Å². The molecule has 2 saturated carbocycles. The SMILES string of the molecule is COC1(OC)C=C2C=CC3C4CCC(=N)C4(C)C[C@@H](O)C3C2(C)CC1. The lowest BCUT2D eigenvalue weighted by Gasteiger charge is -2.58. The van der Waals surface area contributed by atoms with Crippen LogP contribution in [0.1, 0.15) is 46.0 Å². The molecule has 0 amide bonds. The first-order chi connectivity index (χ1) is 11.8. The zero-order chi connectivity index (χ0) is 18.0. The molecule has 0 radical (unpaired) electrons. The number of hydrogen-bond acceptors (Lipinski definition) is 4. The Bertz CT molecular complexity index is 650. The first-order valence-electron chi connectivity index (χ1n) is 9.57. The summed E-state index contributed by atoms with van der Waals surface area (Å²) in [6.45, 7) is 4.51. The molecule has 4 heteroatoms. The van der Waals surface area contributed by atoms with Gasteiger partial charge in [-0.3, -0.25) is 0 Å². The van der Waals surface area contributed by atoms with Crippen molar-refractivity contribution in [2.45, 2.75) is 57.8 Å². The highest BCUT2D eigenvalue weighted by molar-refractivity contribution is 5.89. The summed E-state index contributed by atoms with van der Waals surface area (Å²) in [6, 6.07) is 0. The Hall–Kier alpha value is -0.970. The van der Waals surface area contributed by atoms with Gasteiger partial charge in [0.05, 0.1) is 6.10 Å². The summed E-state index contributed by atoms with van der Waals surface area (Å²) >= 11 is 0. The van der Waals surface area contributed by atoms with E-state index in [1.807, 2.05) is 0 Å². The Balaban J connectivity index is 1.78. The summed E-state index contributed by atoms with van der Waals surface area (Å²) in [4.78, 5) is 0. The Kier molecular flexibility index (Phi) is 3.85. The molecule has 0 aromatic carbocycles. The maximum absolute atomic E-state index is 11.2. The molecule has 138 valence electrons. The van der Waals surface area contributed by atoms with Gasteiger partial charge in [0, 0.05) is 37.7 Å². The maximum atomic E-state index is 11.2. The van der Waals surface area contributed by atoms with Crippen molar-refractivity contribution in [2.24, 2.45) is 28.6 Å². The van der Waals surface area contributed by atoms with Crippen molar-refractivity contribution in [3.63, 3.8) is 0 Å². The van der Waals surface area contributed by atoms with E-state index < -0.39 is 5.79 Å². The van der Waals surface area contributed by atoms with Crippen LogP contribution < -0.4 is 0 Å². The Morgan fingerprint density at radius 3 is 2.56 bits per heavy atom. The smallest absolute Gasteiger partial charge is 0.187 e. The number of methoxy groups -OCH3 is 2. The molecule has 0 aromatic heterocycles. The van der Waals surface area contributed by atoms with Crippen molar-refractivity contribution < 1.29 is 14.6 Å². The van der Waals surface area contributed by atoms with E-state index in [2.05, 4.69) is 32.1 Å². The van der Waals surface area contributed by atoms with E-state index in [9.17, 15) is 5.11 Å². The van der Waals surface area contributed by atoms with Crippen LogP contribution in [0, 0.1) is 34.0 Å². The van der Waals surface area contributed by atoms with Crippen LogP contribution in [0.3, 0.4) is 0 Å². The van der Waals surface area contributed by atoms with Crippen LogP contribution >= 0.6 is 0 Å². The normalized spacial score (nSPS) is 47.7. The predicted octanol–water partition coefficient (Wildman–Crippen LogP) is 3.70. The maximum Gasteiger partial charge on any atom is 0.187 e. The Morgan fingerprint density at radius 2 is 1.88 bits per heavy atom. The van der Waals surface area contributed by atoms with Gasteiger partial charge in [0.15, 0.2) is 5.79 Å². The van der Waals surface area contributed by atoms with Crippen molar-refractivity contribution in [3.05, 3.63) is 23.8 Å². The molecule has 4 rings (SSSR count). The first kappa shape index (κ1) is 17.4. The van der Waals surface area contributed by atoms with Crippen LogP contribution in [-0.4, -0.2) is 36.9 Å². The van der Waals surface area contributed by atoms with Gasteiger partial charge in [-0.05, 0) is 54.6 Å². The molecule has 0 bridgehead atoms. The number of aliphatic hydroxyl groups is 1. The molecule has 4 nitrogen and oxygen atoms in total. The Morgan fingerprint density at radius 1 is 1.16 bits per heavy atom. The predicted molar refractivity (Wildman–Crippen MR) is 97.5 cm³/mol. The highest BCUT2D eigenvalue weighted by atomic mass is 16.7. The second-order valence-electron chi connectivity index (χ2n) is 9.01. The van der Waals surface area contributed by atoms with Crippen LogP contribution in [0.2, 0.25) is 0 Å². The van der Waals surface area contributed by atoms with E-state index in [4.69, 9.17) is 14.9 Å². The molecule has 5 unspecified atom stereocenters. The molecule has 0 saturated heterocycles. The van der Waals surface area contributed by atoms with E-state index in [0.29, 0.717) is 11.8 Å². The van der Waals surface area contributed by atoms with Gasteiger partial charge >= 0.3 is 0 Å². The first-order valence-corrected chi connectivity index (χ1v) is 9.57. The van der Waals surface area contributed by atoms with Gasteiger partial charge in [0.2, 0.25) is 0 Å². The van der Waals surface area contributed by atoms with Gasteiger partial charge in [-0.15, -0.1) is 0 Å². The number of fused-ring (bicyclic) bond motifs is 5. The molecule has 2 fully saturated rings. The molecule has 2 N–H and O–H groups in total. The summed E-state index contributed by atoms with van der Waals surface area (Å²) in [5.74, 6) is 0.422. The van der Waals surface area contributed by atoms with E-state index >= 15 is 0 Å². The standard InChI is InChI=1S/C21H31NO3/c1-19-9-10-21(24-3,25-4)11-13(19)5-6-14-15-7-8-17(22)20(15,2)12-16(23)18(14)19/h5-6,11,14-16,18,22-23H,7-10,12H2,1-4H3/t14?,15?,16-,18?,19?,20?/m1/s1. The lowest BCUT2D eigenvalue weighted by atomic mass is 9.48. The van der Waals surface area contributed by atoms with Crippen LogP contribution in [-0.2, 0) is 9.47 Å². The summed E-state index contributed by atoms with van der Waals surface area (Å²) in [7, 11) is 3.40. The third-order valence-electron chi connectivity index (χ3n) is 8.09. The highest BCUT2D eigenvalue weighted by Crippen LogP contribution is 2.63. The number of hydrogen-bond donors (Lipinski definition) is 2. The molecule has 0 spiro atoms. The van der Waals surface area contributed by atoms with Crippen molar-refractivity contribution in [3.8, 4) is 0 Å². The van der Waals surface area contributed by atoms with Crippen LogP contribution in [0.25, 0.3) is 0 Å². The minimum Gasteiger partial charge on any atom is -0.393 e. The van der Waals surface area contributed by atoms with Crippen molar-refractivity contribution in [2.75, 3.05) is 14.2 Å². The second-order valence-corrected chi connectivity index (χ2v) is 9.01. The van der Waals surface area contributed by atoms with Gasteiger partial charge in [-0.25, -0.2) is 0 Å². The van der Waals surface area contributed by atoms with Gasteiger partial charge in [0.1, 0.15) is 0 Å². The fourth-order valence-electron chi connectivity index (χ4n) is 6.46. The average molecular weight is 345 g/mol. The zero-order valence-corrected chi connectivity index (χ0v) is 15.8. The molecular weight excluding hydrogens is 314 g/mol. The van der Waals surface area contributed by atoms with Gasteiger partial charge < -0.3 is 20.0 Å². The summed E-state index contributed by atoms with van der Waals surface area (Å²) in [5, 5.41) is 19.6. The second kappa shape index (κ2) is 5.51. The monoisotopic (exact) mass is 345 g/mol. The van der Waals surface area contributed by atoms with Crippen molar-refractivity contribution >= 4 is 5.71 Å². The fourth-order valence-corrected chi connectivity index (χ4v) is 6.46. The molecule has 6 atom stereocenters. The van der Waals surface area contributed by atoms with Crippen molar-refractivity contribution in [1.29, 1.82) is 5.41 Å². The molecular formula is C21H31NO3. The van der Waals surface area contributed by atoms with Crippen LogP contribution in [0.15, 0.2) is 23.8 Å². The molecule has 4 aliphatic carbocycles. The largest absolute Gasteiger partial charge is 0.393 e. The number of nitrogens with one attached hydrogen (secondary N) is 1. The van der Waals surface area contributed by atoms with Crippen LogP contribution in [0.5, 0.6) is 0 Å². The minimum atomic E-state index is -0.643. The van der Waals surface area contributed by atoms with Crippen molar-refractivity contribution in [1.82, 2.24) is 0 Å². The number of aliphatic hydroxyl groups excluding tert-OH is 1. The Labute approximate surface area is 150 Å². The van der Waals surface area contributed by atoms with E-state index in [0.717, 1.165) is 37.8 Å². The molecule has 0 aliphatic heterocycles. The summed E-state index contributed by atoms with van der Waals surface area (Å²) < 4.78 is 11.3. The lowest BCUT2D eigenvalue weighted by Crippen LogP contribution is -2.56. The third-order valence-corrected chi connectivity index (χ3v) is 8.09. The summed E-state index contributed by atoms with van der Waals surface area (Å²) in [5.41, 5.74) is 1.90. The third kappa shape index (κ3) is 2.20. The molecule has 0 aromatic rings. The van der Waals surface area contributed by atoms with E-state index in [1.165, 1.54) is 5.57 Å².